The van der Waals surface area contributed by atoms with Crippen LogP contribution in [0, 0.1) is 11.8 Å². The molecule has 2 bridgehead atoms. The summed E-state index contributed by atoms with van der Waals surface area (Å²) in [5, 5.41) is 6.33. The summed E-state index contributed by atoms with van der Waals surface area (Å²) in [5.74, 6) is 1.20. The molecule has 1 saturated carbocycles. The Morgan fingerprint density at radius 2 is 1.82 bits per heavy atom. The molecular weight excluding hydrogens is 454 g/mol. The average Bonchev–Trinajstić information content (AvgIpc) is 3.61. The highest BCUT2D eigenvalue weighted by Gasteiger charge is 2.34. The van der Waals surface area contributed by atoms with E-state index in [1.165, 1.54) is 25.9 Å². The van der Waals surface area contributed by atoms with Crippen LogP contribution < -0.4 is 14.8 Å². The lowest BCUT2D eigenvalue weighted by Gasteiger charge is -2.45. The first-order valence-electron chi connectivity index (χ1n) is 11.8. The average molecular weight is 482 g/mol. The van der Waals surface area contributed by atoms with E-state index in [9.17, 15) is 13.2 Å². The SMILES string of the molecule is O=C(Nc1nc2cc(OS(=O)(=O)c3ccc(NC4CN5CCC4CC5)cc3)ccc2[nH]1)C1CC1. The van der Waals surface area contributed by atoms with Gasteiger partial charge in [0.15, 0.2) is 0 Å². The molecular formula is C24H27N5O4S. The molecule has 1 aromatic heterocycles. The number of anilines is 2. The van der Waals surface area contributed by atoms with Gasteiger partial charge in [-0.3, -0.25) is 10.1 Å². The fourth-order valence-electron chi connectivity index (χ4n) is 4.90. The normalized spacial score (nSPS) is 24.2. The molecule has 4 heterocycles. The van der Waals surface area contributed by atoms with Gasteiger partial charge in [-0.1, -0.05) is 0 Å². The van der Waals surface area contributed by atoms with Gasteiger partial charge < -0.3 is 19.4 Å². The van der Waals surface area contributed by atoms with Gasteiger partial charge in [0.1, 0.15) is 10.6 Å². The minimum Gasteiger partial charge on any atom is -0.381 e. The van der Waals surface area contributed by atoms with Gasteiger partial charge in [0.2, 0.25) is 11.9 Å². The van der Waals surface area contributed by atoms with Crippen molar-refractivity contribution in [1.82, 2.24) is 14.9 Å². The number of hydrogen-bond donors (Lipinski definition) is 3. The van der Waals surface area contributed by atoms with Crippen LogP contribution in [0.1, 0.15) is 25.7 Å². The third kappa shape index (κ3) is 4.35. The lowest BCUT2D eigenvalue weighted by Crippen LogP contribution is -2.53. The number of hydrogen-bond acceptors (Lipinski definition) is 7. The number of nitrogens with one attached hydrogen (secondary N) is 3. The lowest BCUT2D eigenvalue weighted by molar-refractivity contribution is -0.117. The largest absolute Gasteiger partial charge is 0.381 e. The molecule has 3 saturated heterocycles. The highest BCUT2D eigenvalue weighted by atomic mass is 32.2. The monoisotopic (exact) mass is 481 g/mol. The van der Waals surface area contributed by atoms with Crippen LogP contribution in [0.2, 0.25) is 0 Å². The smallest absolute Gasteiger partial charge is 0.339 e. The number of carbonyl (C=O) groups excluding carboxylic acids is 1. The van der Waals surface area contributed by atoms with Gasteiger partial charge >= 0.3 is 10.1 Å². The van der Waals surface area contributed by atoms with E-state index in [4.69, 9.17) is 4.18 Å². The highest BCUT2D eigenvalue weighted by Crippen LogP contribution is 2.31. The van der Waals surface area contributed by atoms with Crippen molar-refractivity contribution >= 4 is 38.7 Å². The molecule has 3 N–H and O–H groups in total. The molecule has 7 rings (SSSR count). The number of amides is 1. The maximum Gasteiger partial charge on any atom is 0.339 e. The van der Waals surface area contributed by atoms with Crippen molar-refractivity contribution in [3.8, 4) is 5.75 Å². The standard InChI is InChI=1S/C24H27N5O4S/c30-23(16-1-2-16)28-24-26-20-8-5-18(13-21(20)27-24)33-34(31,32)19-6-3-17(4-7-19)25-22-14-29-11-9-15(22)10-12-29/h3-8,13,15-16,22,25H,1-2,9-12,14H2,(H2,26,27,28,30). The number of nitrogens with zero attached hydrogens (tertiary/aromatic N) is 2. The van der Waals surface area contributed by atoms with Gasteiger partial charge in [0.25, 0.3) is 0 Å². The topological polar surface area (TPSA) is 116 Å². The van der Waals surface area contributed by atoms with Crippen LogP contribution >= 0.6 is 0 Å². The Morgan fingerprint density at radius 3 is 2.50 bits per heavy atom. The van der Waals surface area contributed by atoms with E-state index in [0.29, 0.717) is 28.9 Å². The summed E-state index contributed by atoms with van der Waals surface area (Å²) in [5.41, 5.74) is 2.10. The summed E-state index contributed by atoms with van der Waals surface area (Å²) in [6.45, 7) is 3.39. The summed E-state index contributed by atoms with van der Waals surface area (Å²) in [4.78, 5) is 21.9. The van der Waals surface area contributed by atoms with Crippen LogP contribution in [0.5, 0.6) is 5.75 Å². The van der Waals surface area contributed by atoms with Crippen LogP contribution in [-0.4, -0.2) is 54.9 Å². The van der Waals surface area contributed by atoms with Gasteiger partial charge in [-0.2, -0.15) is 8.42 Å². The molecule has 1 atom stereocenters. The Hall–Kier alpha value is -3.11. The molecule has 1 aliphatic carbocycles. The zero-order chi connectivity index (χ0) is 23.3. The third-order valence-electron chi connectivity index (χ3n) is 7.00. The Balaban J connectivity index is 1.13. The molecule has 1 unspecified atom stereocenters. The quantitative estimate of drug-likeness (QED) is 0.444. The zero-order valence-electron chi connectivity index (χ0n) is 18.7. The fraction of sp³-hybridized carbons (Fsp3) is 0.417. The van der Waals surface area contributed by atoms with Crippen LogP contribution in [-0.2, 0) is 14.9 Å². The Kier molecular flexibility index (Phi) is 5.22. The highest BCUT2D eigenvalue weighted by molar-refractivity contribution is 7.87. The van der Waals surface area contributed by atoms with Crippen molar-refractivity contribution in [2.24, 2.45) is 11.8 Å². The third-order valence-corrected chi connectivity index (χ3v) is 8.26. The molecule has 10 heteroatoms. The molecule has 0 spiro atoms. The van der Waals surface area contributed by atoms with Crippen molar-refractivity contribution in [2.75, 3.05) is 30.3 Å². The number of fused-ring (bicyclic) bond motifs is 4. The maximum absolute atomic E-state index is 12.8. The van der Waals surface area contributed by atoms with Crippen molar-refractivity contribution in [2.45, 2.75) is 36.6 Å². The molecule has 1 amide bonds. The molecule has 9 nitrogen and oxygen atoms in total. The number of piperidine rings is 3. The van der Waals surface area contributed by atoms with Crippen molar-refractivity contribution in [1.29, 1.82) is 0 Å². The Bertz CT molecular complexity index is 1330. The number of rotatable bonds is 7. The van der Waals surface area contributed by atoms with Crippen molar-refractivity contribution in [3.63, 3.8) is 0 Å². The fourth-order valence-corrected chi connectivity index (χ4v) is 5.82. The van der Waals surface area contributed by atoms with Crippen LogP contribution in [0.25, 0.3) is 11.0 Å². The second kappa shape index (κ2) is 8.28. The molecule has 3 aromatic rings. The molecule has 178 valence electrons. The van der Waals surface area contributed by atoms with E-state index >= 15 is 0 Å². The summed E-state index contributed by atoms with van der Waals surface area (Å²) in [6, 6.07) is 11.9. The summed E-state index contributed by atoms with van der Waals surface area (Å²) < 4.78 is 31.1. The molecule has 34 heavy (non-hydrogen) atoms. The Morgan fingerprint density at radius 1 is 1.06 bits per heavy atom. The number of benzene rings is 2. The lowest BCUT2D eigenvalue weighted by atomic mass is 9.84. The van der Waals surface area contributed by atoms with E-state index in [2.05, 4.69) is 25.5 Å². The number of aromatic nitrogens is 2. The molecule has 4 fully saturated rings. The minimum absolute atomic E-state index is 0.0513. The van der Waals surface area contributed by atoms with E-state index < -0.39 is 10.1 Å². The minimum atomic E-state index is -4.00. The predicted molar refractivity (Wildman–Crippen MR) is 128 cm³/mol. The van der Waals surface area contributed by atoms with Crippen LogP contribution in [0.4, 0.5) is 11.6 Å². The molecule has 2 aromatic carbocycles. The van der Waals surface area contributed by atoms with Crippen LogP contribution in [0.3, 0.4) is 0 Å². The van der Waals surface area contributed by atoms with E-state index in [1.807, 2.05) is 0 Å². The maximum atomic E-state index is 12.8. The predicted octanol–water partition coefficient (Wildman–Crippen LogP) is 3.19. The first-order valence-corrected chi connectivity index (χ1v) is 13.2. The van der Waals surface area contributed by atoms with E-state index in [-0.39, 0.29) is 22.5 Å². The first kappa shape index (κ1) is 21.4. The van der Waals surface area contributed by atoms with Gasteiger partial charge in [-0.25, -0.2) is 4.98 Å². The number of H-pyrrole nitrogens is 1. The van der Waals surface area contributed by atoms with Gasteiger partial charge in [-0.05, 0) is 81.1 Å². The number of imidazole rings is 1. The first-order chi connectivity index (χ1) is 16.4. The van der Waals surface area contributed by atoms with Gasteiger partial charge in [0.05, 0.1) is 11.0 Å². The second-order valence-corrected chi connectivity index (χ2v) is 11.0. The number of carbonyl (C=O) groups is 1. The number of aromatic amines is 1. The zero-order valence-corrected chi connectivity index (χ0v) is 19.5. The summed E-state index contributed by atoms with van der Waals surface area (Å²) in [6.07, 6.45) is 4.23. The van der Waals surface area contributed by atoms with Crippen LogP contribution in [0.15, 0.2) is 47.4 Å². The van der Waals surface area contributed by atoms with Gasteiger partial charge in [0, 0.05) is 30.3 Å². The second-order valence-electron chi connectivity index (χ2n) is 9.48. The molecule has 0 radical (unpaired) electrons. The van der Waals surface area contributed by atoms with Crippen molar-refractivity contribution in [3.05, 3.63) is 42.5 Å². The molecule has 4 aliphatic rings. The van der Waals surface area contributed by atoms with Crippen molar-refractivity contribution < 1.29 is 17.4 Å². The van der Waals surface area contributed by atoms with Gasteiger partial charge in [-0.15, -0.1) is 0 Å². The van der Waals surface area contributed by atoms with E-state index in [1.54, 1.807) is 42.5 Å². The summed E-state index contributed by atoms with van der Waals surface area (Å²) >= 11 is 0. The van der Waals surface area contributed by atoms with E-state index in [0.717, 1.165) is 25.1 Å². The molecule has 3 aliphatic heterocycles. The Labute approximate surface area is 198 Å². The summed E-state index contributed by atoms with van der Waals surface area (Å²) in [7, 11) is -4.00.